The predicted octanol–water partition coefficient (Wildman–Crippen LogP) is 2.26. The molecule has 1 saturated carbocycles. The molecule has 3 fully saturated rings. The molecule has 2 saturated heterocycles. The summed E-state index contributed by atoms with van der Waals surface area (Å²) >= 11 is 0. The first kappa shape index (κ1) is 22.4. The fourth-order valence-corrected chi connectivity index (χ4v) is 5.20. The maximum Gasteiger partial charge on any atom is 0.403 e. The minimum Gasteiger partial charge on any atom is -0.481 e. The van der Waals surface area contributed by atoms with Crippen molar-refractivity contribution in [2.75, 3.05) is 26.2 Å². The molecule has 1 aromatic carbocycles. The standard InChI is InChI=1S/C23H23F3N4O4/c24-23(25,26)22(6-7-22)20(34)29-13-21(14-29)12-28(11-17(21)19(32)33)18(31)16-8-27-30(10-16)9-15-4-2-1-3-5-15/h1-5,8,10,17H,6-7,9,11-14H2,(H,32,33). The van der Waals surface area contributed by atoms with Crippen LogP contribution in [0.5, 0.6) is 0 Å². The number of hydrogen-bond acceptors (Lipinski definition) is 4. The summed E-state index contributed by atoms with van der Waals surface area (Å²) < 4.78 is 41.6. The zero-order valence-corrected chi connectivity index (χ0v) is 18.2. The molecule has 180 valence electrons. The van der Waals surface area contributed by atoms with Crippen molar-refractivity contribution in [3.63, 3.8) is 0 Å². The molecule has 1 atom stereocenters. The average Bonchev–Trinajstić information content (AvgIpc) is 3.30. The van der Waals surface area contributed by atoms with Gasteiger partial charge in [-0.15, -0.1) is 0 Å². The van der Waals surface area contributed by atoms with Crippen LogP contribution >= 0.6 is 0 Å². The molecule has 34 heavy (non-hydrogen) atoms. The number of carbonyl (C=O) groups excluding carboxylic acids is 2. The quantitative estimate of drug-likeness (QED) is 0.715. The SMILES string of the molecule is O=C(O)C1CN(C(=O)c2cnn(Cc3ccccc3)c2)CC12CN(C(=O)C1(C(F)(F)F)CC1)C2. The Morgan fingerprint density at radius 2 is 1.71 bits per heavy atom. The molecule has 1 spiro atoms. The van der Waals surface area contributed by atoms with Crippen LogP contribution in [0.25, 0.3) is 0 Å². The van der Waals surface area contributed by atoms with Crippen LogP contribution < -0.4 is 0 Å². The highest BCUT2D eigenvalue weighted by Gasteiger charge is 2.71. The molecule has 2 amide bonds. The molecule has 1 aliphatic carbocycles. The molecule has 8 nitrogen and oxygen atoms in total. The average molecular weight is 476 g/mol. The van der Waals surface area contributed by atoms with Crippen LogP contribution in [0, 0.1) is 16.7 Å². The zero-order valence-electron chi connectivity index (χ0n) is 18.2. The van der Waals surface area contributed by atoms with E-state index in [0.717, 1.165) is 10.5 Å². The van der Waals surface area contributed by atoms with E-state index in [0.29, 0.717) is 12.1 Å². The van der Waals surface area contributed by atoms with E-state index in [-0.39, 0.29) is 44.9 Å². The molecule has 5 rings (SSSR count). The third-order valence-corrected chi connectivity index (χ3v) is 7.30. The minimum atomic E-state index is -4.61. The number of rotatable bonds is 5. The van der Waals surface area contributed by atoms with Crippen LogP contribution in [0.4, 0.5) is 13.2 Å². The first-order valence-corrected chi connectivity index (χ1v) is 11.0. The molecule has 1 aromatic heterocycles. The highest BCUT2D eigenvalue weighted by atomic mass is 19.4. The second kappa shape index (κ2) is 7.57. The number of carbonyl (C=O) groups is 3. The number of aliphatic carboxylic acids is 1. The van der Waals surface area contributed by atoms with Crippen LogP contribution in [0.15, 0.2) is 42.7 Å². The predicted molar refractivity (Wildman–Crippen MR) is 112 cm³/mol. The number of carboxylic acids is 1. The summed E-state index contributed by atoms with van der Waals surface area (Å²) in [4.78, 5) is 40.0. The van der Waals surface area contributed by atoms with Gasteiger partial charge in [0.15, 0.2) is 0 Å². The van der Waals surface area contributed by atoms with E-state index in [1.807, 2.05) is 30.3 Å². The van der Waals surface area contributed by atoms with Gasteiger partial charge in [0.1, 0.15) is 5.41 Å². The largest absolute Gasteiger partial charge is 0.481 e. The van der Waals surface area contributed by atoms with Crippen LogP contribution in [0.3, 0.4) is 0 Å². The first-order chi connectivity index (χ1) is 16.0. The molecule has 11 heteroatoms. The van der Waals surface area contributed by atoms with E-state index >= 15 is 0 Å². The second-order valence-corrected chi connectivity index (χ2v) is 9.59. The van der Waals surface area contributed by atoms with Gasteiger partial charge in [-0.2, -0.15) is 18.3 Å². The minimum absolute atomic E-state index is 0.0649. The molecular weight excluding hydrogens is 453 g/mol. The number of amides is 2. The number of halogens is 3. The Morgan fingerprint density at radius 1 is 1.06 bits per heavy atom. The summed E-state index contributed by atoms with van der Waals surface area (Å²) in [5, 5.41) is 14.0. The number of alkyl halides is 3. The monoisotopic (exact) mass is 476 g/mol. The summed E-state index contributed by atoms with van der Waals surface area (Å²) in [7, 11) is 0. The molecular formula is C23H23F3N4O4. The van der Waals surface area contributed by atoms with Gasteiger partial charge in [0.25, 0.3) is 5.91 Å². The maximum absolute atomic E-state index is 13.3. The third kappa shape index (κ3) is 3.54. The van der Waals surface area contributed by atoms with Gasteiger partial charge in [-0.25, -0.2) is 0 Å². The highest BCUT2D eigenvalue weighted by Crippen LogP contribution is 2.60. The van der Waals surface area contributed by atoms with Crippen LogP contribution in [0.2, 0.25) is 0 Å². The molecule has 2 aliphatic heterocycles. The Kier molecular flexibility index (Phi) is 4.99. The fraction of sp³-hybridized carbons (Fsp3) is 0.478. The van der Waals surface area contributed by atoms with E-state index in [4.69, 9.17) is 0 Å². The molecule has 1 N–H and O–H groups in total. The van der Waals surface area contributed by atoms with Gasteiger partial charge in [-0.05, 0) is 18.4 Å². The molecule has 2 aromatic rings. The van der Waals surface area contributed by atoms with Gasteiger partial charge in [-0.3, -0.25) is 19.1 Å². The maximum atomic E-state index is 13.3. The molecule has 1 unspecified atom stereocenters. The van der Waals surface area contributed by atoms with E-state index < -0.39 is 34.8 Å². The van der Waals surface area contributed by atoms with Crippen molar-refractivity contribution in [3.05, 3.63) is 53.9 Å². The lowest BCUT2D eigenvalue weighted by Crippen LogP contribution is -2.65. The van der Waals surface area contributed by atoms with Crippen molar-refractivity contribution in [2.24, 2.45) is 16.7 Å². The van der Waals surface area contributed by atoms with Gasteiger partial charge < -0.3 is 14.9 Å². The van der Waals surface area contributed by atoms with Crippen molar-refractivity contribution >= 4 is 17.8 Å². The smallest absolute Gasteiger partial charge is 0.403 e. The van der Waals surface area contributed by atoms with Gasteiger partial charge in [0, 0.05) is 37.8 Å². The van der Waals surface area contributed by atoms with Crippen molar-refractivity contribution in [1.82, 2.24) is 19.6 Å². The number of nitrogens with zero attached hydrogens (tertiary/aromatic N) is 4. The van der Waals surface area contributed by atoms with E-state index in [9.17, 15) is 32.7 Å². The Bertz CT molecular complexity index is 1140. The topological polar surface area (TPSA) is 95.7 Å². The normalized spacial score (nSPS) is 22.5. The summed E-state index contributed by atoms with van der Waals surface area (Å²) in [6, 6.07) is 9.55. The number of carboxylic acid groups (broad SMARTS) is 1. The third-order valence-electron chi connectivity index (χ3n) is 7.30. The van der Waals surface area contributed by atoms with Crippen molar-refractivity contribution in [1.29, 1.82) is 0 Å². The number of hydrogen-bond donors (Lipinski definition) is 1. The summed E-state index contributed by atoms with van der Waals surface area (Å²) in [5.74, 6) is -3.46. The Labute approximate surface area is 192 Å². The van der Waals surface area contributed by atoms with Gasteiger partial charge in [0.2, 0.25) is 5.91 Å². The second-order valence-electron chi connectivity index (χ2n) is 9.59. The summed E-state index contributed by atoms with van der Waals surface area (Å²) in [6.45, 7) is 0.267. The van der Waals surface area contributed by atoms with Crippen molar-refractivity contribution in [3.8, 4) is 0 Å². The van der Waals surface area contributed by atoms with Crippen LogP contribution in [0.1, 0.15) is 28.8 Å². The lowest BCUT2D eigenvalue weighted by atomic mass is 9.71. The number of likely N-dealkylation sites (tertiary alicyclic amines) is 2. The molecule has 3 aliphatic rings. The molecule has 0 bridgehead atoms. The number of aromatic nitrogens is 2. The fourth-order valence-electron chi connectivity index (χ4n) is 5.20. The van der Waals surface area contributed by atoms with Crippen molar-refractivity contribution < 1.29 is 32.7 Å². The van der Waals surface area contributed by atoms with Crippen LogP contribution in [-0.4, -0.2) is 74.8 Å². The van der Waals surface area contributed by atoms with Gasteiger partial charge in [-0.1, -0.05) is 30.3 Å². The number of benzene rings is 1. The van der Waals surface area contributed by atoms with E-state index in [1.54, 1.807) is 10.9 Å². The molecule has 0 radical (unpaired) electrons. The summed E-state index contributed by atoms with van der Waals surface area (Å²) in [5.41, 5.74) is -1.96. The first-order valence-electron chi connectivity index (χ1n) is 11.0. The zero-order chi connectivity index (χ0) is 24.3. The van der Waals surface area contributed by atoms with Crippen molar-refractivity contribution in [2.45, 2.75) is 25.6 Å². The lowest BCUT2D eigenvalue weighted by molar-refractivity contribution is -0.206. The highest BCUT2D eigenvalue weighted by molar-refractivity contribution is 5.95. The van der Waals surface area contributed by atoms with E-state index in [2.05, 4.69) is 5.10 Å². The van der Waals surface area contributed by atoms with E-state index in [1.165, 1.54) is 11.1 Å². The Hall–Kier alpha value is -3.37. The van der Waals surface area contributed by atoms with Gasteiger partial charge in [0.05, 0.1) is 24.2 Å². The Balaban J connectivity index is 1.27. The molecule has 3 heterocycles. The summed E-state index contributed by atoms with van der Waals surface area (Å²) in [6.07, 6.45) is -2.08. The van der Waals surface area contributed by atoms with Crippen LogP contribution in [-0.2, 0) is 16.1 Å². The lowest BCUT2D eigenvalue weighted by Gasteiger charge is -2.50. The van der Waals surface area contributed by atoms with Gasteiger partial charge >= 0.3 is 12.1 Å². The Morgan fingerprint density at radius 3 is 2.29 bits per heavy atom.